The van der Waals surface area contributed by atoms with E-state index in [2.05, 4.69) is 5.32 Å². The first-order valence-electron chi connectivity index (χ1n) is 10.1. The maximum atomic E-state index is 13.1. The zero-order valence-electron chi connectivity index (χ0n) is 17.4. The summed E-state index contributed by atoms with van der Waals surface area (Å²) in [6.07, 6.45) is 1.70. The van der Waals surface area contributed by atoms with E-state index in [0.717, 1.165) is 12.8 Å². The van der Waals surface area contributed by atoms with E-state index in [-0.39, 0.29) is 23.3 Å². The number of halogens is 1. The van der Waals surface area contributed by atoms with E-state index in [9.17, 15) is 18.0 Å². The van der Waals surface area contributed by atoms with E-state index >= 15 is 0 Å². The van der Waals surface area contributed by atoms with Gasteiger partial charge < -0.3 is 10.2 Å². The van der Waals surface area contributed by atoms with Crippen LogP contribution in [0.1, 0.15) is 32.3 Å². The van der Waals surface area contributed by atoms with Crippen molar-refractivity contribution in [3.63, 3.8) is 0 Å². The SMILES string of the molecule is CC1(C)C(=O)N(CC(=O)Nc2ccccc2Cl)c2ccc(S(=O)(=O)N3CCCC3)cc21. The van der Waals surface area contributed by atoms with E-state index in [1.165, 1.54) is 15.3 Å². The van der Waals surface area contributed by atoms with Gasteiger partial charge in [-0.2, -0.15) is 4.31 Å². The normalized spacial score (nSPS) is 18.3. The standard InChI is InChI=1S/C22H24ClN3O4S/c1-22(2)16-13-15(31(29,30)25-11-5-6-12-25)9-10-19(16)26(21(22)28)14-20(27)24-18-8-4-3-7-17(18)23/h3-4,7-10,13H,5-6,11-12,14H2,1-2H3,(H,24,27). The van der Waals surface area contributed by atoms with Crippen LogP contribution in [0.5, 0.6) is 0 Å². The first kappa shape index (κ1) is 21.8. The van der Waals surface area contributed by atoms with Gasteiger partial charge in [0, 0.05) is 18.8 Å². The molecule has 0 aromatic heterocycles. The van der Waals surface area contributed by atoms with E-state index < -0.39 is 15.4 Å². The predicted molar refractivity (Wildman–Crippen MR) is 120 cm³/mol. The van der Waals surface area contributed by atoms with Crippen molar-refractivity contribution in [2.45, 2.75) is 37.0 Å². The van der Waals surface area contributed by atoms with Crippen molar-refractivity contribution < 1.29 is 18.0 Å². The molecule has 1 N–H and O–H groups in total. The van der Waals surface area contributed by atoms with Gasteiger partial charge in [-0.05, 0) is 62.6 Å². The summed E-state index contributed by atoms with van der Waals surface area (Å²) in [4.78, 5) is 27.3. The molecule has 2 amide bonds. The Balaban J connectivity index is 1.62. The summed E-state index contributed by atoms with van der Waals surface area (Å²) in [5.74, 6) is -0.647. The maximum Gasteiger partial charge on any atom is 0.244 e. The zero-order valence-corrected chi connectivity index (χ0v) is 19.0. The molecule has 2 aromatic rings. The number of nitrogens with one attached hydrogen (secondary N) is 1. The molecular weight excluding hydrogens is 438 g/mol. The van der Waals surface area contributed by atoms with Gasteiger partial charge in [0.15, 0.2) is 0 Å². The van der Waals surface area contributed by atoms with Crippen molar-refractivity contribution in [2.75, 3.05) is 29.9 Å². The lowest BCUT2D eigenvalue weighted by molar-refractivity contribution is -0.124. The molecule has 31 heavy (non-hydrogen) atoms. The highest BCUT2D eigenvalue weighted by molar-refractivity contribution is 7.89. The number of amides is 2. The molecule has 0 radical (unpaired) electrons. The van der Waals surface area contributed by atoms with E-state index in [1.807, 2.05) is 0 Å². The van der Waals surface area contributed by atoms with Crippen molar-refractivity contribution in [2.24, 2.45) is 0 Å². The number of carbonyl (C=O) groups excluding carboxylic acids is 2. The fourth-order valence-electron chi connectivity index (χ4n) is 4.10. The van der Waals surface area contributed by atoms with Crippen molar-refractivity contribution in [3.8, 4) is 0 Å². The molecule has 1 fully saturated rings. The van der Waals surface area contributed by atoms with Gasteiger partial charge in [-0.25, -0.2) is 8.42 Å². The van der Waals surface area contributed by atoms with Crippen LogP contribution in [0.25, 0.3) is 0 Å². The largest absolute Gasteiger partial charge is 0.323 e. The molecule has 4 rings (SSSR count). The monoisotopic (exact) mass is 461 g/mol. The summed E-state index contributed by atoms with van der Waals surface area (Å²) >= 11 is 6.10. The Morgan fingerprint density at radius 2 is 1.81 bits per heavy atom. The number of hydrogen-bond acceptors (Lipinski definition) is 4. The van der Waals surface area contributed by atoms with Gasteiger partial charge in [-0.3, -0.25) is 9.59 Å². The minimum absolute atomic E-state index is 0.177. The fraction of sp³-hybridized carbons (Fsp3) is 0.364. The van der Waals surface area contributed by atoms with Crippen LogP contribution in [-0.2, 0) is 25.0 Å². The molecule has 2 aliphatic rings. The fourth-order valence-corrected chi connectivity index (χ4v) is 5.83. The number of hydrogen-bond donors (Lipinski definition) is 1. The van der Waals surface area contributed by atoms with Crippen LogP contribution in [-0.4, -0.2) is 44.2 Å². The van der Waals surface area contributed by atoms with Crippen LogP contribution in [0.4, 0.5) is 11.4 Å². The lowest BCUT2D eigenvalue weighted by Crippen LogP contribution is -2.40. The highest BCUT2D eigenvalue weighted by Gasteiger charge is 2.45. The van der Waals surface area contributed by atoms with Crippen LogP contribution in [0, 0.1) is 0 Å². The Morgan fingerprint density at radius 1 is 1.13 bits per heavy atom. The number of rotatable bonds is 5. The molecule has 2 heterocycles. The van der Waals surface area contributed by atoms with Gasteiger partial charge in [0.1, 0.15) is 6.54 Å². The quantitative estimate of drug-likeness (QED) is 0.739. The van der Waals surface area contributed by atoms with Crippen molar-refractivity contribution in [1.29, 1.82) is 0 Å². The number of carbonyl (C=O) groups is 2. The number of benzene rings is 2. The number of para-hydroxylation sites is 1. The minimum atomic E-state index is -3.60. The molecule has 2 aromatic carbocycles. The topological polar surface area (TPSA) is 86.8 Å². The van der Waals surface area contributed by atoms with E-state index in [0.29, 0.717) is 35.1 Å². The van der Waals surface area contributed by atoms with Crippen LogP contribution in [0.15, 0.2) is 47.4 Å². The third-order valence-electron chi connectivity index (χ3n) is 5.86. The maximum absolute atomic E-state index is 13.1. The lowest BCUT2D eigenvalue weighted by Gasteiger charge is -2.20. The van der Waals surface area contributed by atoms with Crippen LogP contribution < -0.4 is 10.2 Å². The van der Waals surface area contributed by atoms with Gasteiger partial charge in [0.05, 0.1) is 21.0 Å². The molecule has 1 saturated heterocycles. The number of nitrogens with zero attached hydrogens (tertiary/aromatic N) is 2. The summed E-state index contributed by atoms with van der Waals surface area (Å²) in [5, 5.41) is 3.12. The van der Waals surface area contributed by atoms with Crippen molar-refractivity contribution in [1.82, 2.24) is 4.31 Å². The second-order valence-electron chi connectivity index (χ2n) is 8.33. The van der Waals surface area contributed by atoms with Crippen molar-refractivity contribution in [3.05, 3.63) is 53.1 Å². The molecule has 2 aliphatic heterocycles. The molecule has 7 nitrogen and oxygen atoms in total. The molecule has 0 saturated carbocycles. The Bertz CT molecular complexity index is 1160. The Labute approximate surface area is 187 Å². The molecule has 9 heteroatoms. The van der Waals surface area contributed by atoms with Crippen LogP contribution in [0.2, 0.25) is 5.02 Å². The molecule has 0 spiro atoms. The highest BCUT2D eigenvalue weighted by atomic mass is 35.5. The van der Waals surface area contributed by atoms with Crippen LogP contribution >= 0.6 is 11.6 Å². The number of anilines is 2. The van der Waals surface area contributed by atoms with Gasteiger partial charge in [-0.15, -0.1) is 0 Å². The van der Waals surface area contributed by atoms with Gasteiger partial charge in [-0.1, -0.05) is 23.7 Å². The first-order valence-corrected chi connectivity index (χ1v) is 12.0. The summed E-state index contributed by atoms with van der Waals surface area (Å²) < 4.78 is 27.4. The first-order chi connectivity index (χ1) is 14.6. The molecule has 0 bridgehead atoms. The zero-order chi connectivity index (χ0) is 22.4. The van der Waals surface area contributed by atoms with Gasteiger partial charge in [0.2, 0.25) is 21.8 Å². The lowest BCUT2D eigenvalue weighted by atomic mass is 9.86. The third-order valence-corrected chi connectivity index (χ3v) is 8.09. The minimum Gasteiger partial charge on any atom is -0.323 e. The summed E-state index contributed by atoms with van der Waals surface area (Å²) in [7, 11) is -3.60. The smallest absolute Gasteiger partial charge is 0.244 e. The molecule has 0 aliphatic carbocycles. The number of sulfonamides is 1. The second-order valence-corrected chi connectivity index (χ2v) is 10.7. The average molecular weight is 462 g/mol. The number of fused-ring (bicyclic) bond motifs is 1. The molecule has 164 valence electrons. The van der Waals surface area contributed by atoms with Crippen LogP contribution in [0.3, 0.4) is 0 Å². The second kappa shape index (κ2) is 7.93. The average Bonchev–Trinajstić information content (AvgIpc) is 3.33. The Morgan fingerprint density at radius 3 is 2.48 bits per heavy atom. The van der Waals surface area contributed by atoms with E-state index in [4.69, 9.17) is 11.6 Å². The Kier molecular flexibility index (Phi) is 5.57. The summed E-state index contributed by atoms with van der Waals surface area (Å²) in [6, 6.07) is 11.6. The Hall–Kier alpha value is -2.42. The summed E-state index contributed by atoms with van der Waals surface area (Å²) in [5.41, 5.74) is 0.664. The molecular formula is C22H24ClN3O4S. The predicted octanol–water partition coefficient (Wildman–Crippen LogP) is 3.39. The highest BCUT2D eigenvalue weighted by Crippen LogP contribution is 2.43. The van der Waals surface area contributed by atoms with Crippen molar-refractivity contribution >= 4 is 44.8 Å². The van der Waals surface area contributed by atoms with E-state index in [1.54, 1.807) is 50.2 Å². The van der Waals surface area contributed by atoms with Gasteiger partial charge in [0.25, 0.3) is 0 Å². The molecule has 0 unspecified atom stereocenters. The third kappa shape index (κ3) is 3.84. The summed E-state index contributed by atoms with van der Waals surface area (Å²) in [6.45, 7) is 4.31. The van der Waals surface area contributed by atoms with Gasteiger partial charge >= 0.3 is 0 Å². The molecule has 0 atom stereocenters.